The highest BCUT2D eigenvalue weighted by molar-refractivity contribution is 6.35. The van der Waals surface area contributed by atoms with Gasteiger partial charge in [-0.25, -0.2) is 15.0 Å². The molecule has 1 amide bonds. The van der Waals surface area contributed by atoms with E-state index in [1.54, 1.807) is 0 Å². The number of aliphatic hydroxyl groups excluding tert-OH is 3. The van der Waals surface area contributed by atoms with Crippen LogP contribution in [0.15, 0.2) is 30.9 Å². The number of nitrogens with one attached hydrogen (secondary N) is 1. The molecule has 0 radical (unpaired) electrons. The summed E-state index contributed by atoms with van der Waals surface area (Å²) < 4.78 is 6.94. The Kier molecular flexibility index (Phi) is 5.26. The number of hydrogen-bond donors (Lipinski definition) is 5. The predicted octanol–water partition coefficient (Wildman–Crippen LogP) is -0.132. The van der Waals surface area contributed by atoms with E-state index in [1.807, 2.05) is 0 Å². The van der Waals surface area contributed by atoms with Gasteiger partial charge in [-0.15, -0.1) is 0 Å². The third-order valence-electron chi connectivity index (χ3n) is 4.75. The number of rotatable bonds is 4. The molecule has 11 nitrogen and oxygen atoms in total. The van der Waals surface area contributed by atoms with E-state index in [0.29, 0.717) is 0 Å². The van der Waals surface area contributed by atoms with Crippen LogP contribution in [0.3, 0.4) is 0 Å². The van der Waals surface area contributed by atoms with Gasteiger partial charge < -0.3 is 31.1 Å². The topological polar surface area (TPSA) is 169 Å². The Morgan fingerprint density at radius 3 is 2.57 bits per heavy atom. The molecule has 1 aromatic carbocycles. The third-order valence-corrected chi connectivity index (χ3v) is 5.19. The molecule has 1 aliphatic rings. The van der Waals surface area contributed by atoms with Gasteiger partial charge in [-0.05, 0) is 18.2 Å². The summed E-state index contributed by atoms with van der Waals surface area (Å²) in [5, 5.41) is 33.7. The fourth-order valence-corrected chi connectivity index (χ4v) is 3.85. The van der Waals surface area contributed by atoms with Crippen LogP contribution in [0, 0.1) is 0 Å². The monoisotopic (exact) mass is 454 g/mol. The molecule has 2 aromatic heterocycles. The van der Waals surface area contributed by atoms with Crippen LogP contribution in [0.25, 0.3) is 11.2 Å². The van der Waals surface area contributed by atoms with Gasteiger partial charge in [0.25, 0.3) is 11.8 Å². The summed E-state index contributed by atoms with van der Waals surface area (Å²) in [5.74, 6) is -2.74. The van der Waals surface area contributed by atoms with Gasteiger partial charge in [-0.1, -0.05) is 23.2 Å². The van der Waals surface area contributed by atoms with Crippen molar-refractivity contribution in [1.29, 1.82) is 0 Å². The number of aliphatic hydroxyl groups is 3. The normalized spacial score (nSPS) is 26.2. The first-order chi connectivity index (χ1) is 14.3. The zero-order valence-corrected chi connectivity index (χ0v) is 16.6. The number of nitrogens with two attached hydrogens (primary N) is 1. The zero-order valence-electron chi connectivity index (χ0n) is 15.1. The van der Waals surface area contributed by atoms with E-state index in [9.17, 15) is 20.1 Å². The van der Waals surface area contributed by atoms with E-state index in [2.05, 4.69) is 20.3 Å². The highest BCUT2D eigenvalue weighted by atomic mass is 35.5. The molecule has 1 aliphatic heterocycles. The first-order valence-electron chi connectivity index (χ1n) is 8.64. The number of halogens is 2. The Hall–Kier alpha value is -2.54. The van der Waals surface area contributed by atoms with Crippen molar-refractivity contribution < 1.29 is 24.9 Å². The van der Waals surface area contributed by atoms with Gasteiger partial charge in [0, 0.05) is 15.6 Å². The van der Waals surface area contributed by atoms with Gasteiger partial charge in [0.15, 0.2) is 17.6 Å². The van der Waals surface area contributed by atoms with Gasteiger partial charge in [0.05, 0.1) is 6.61 Å². The number of benzene rings is 1. The molecule has 0 unspecified atom stereocenters. The molecule has 0 saturated carbocycles. The van der Waals surface area contributed by atoms with Crippen molar-refractivity contribution >= 4 is 46.1 Å². The van der Waals surface area contributed by atoms with Crippen molar-refractivity contribution in [2.24, 2.45) is 0 Å². The number of carbonyl (C=O) groups excluding carboxylic acids is 1. The number of nitrogens with zero attached hydrogens (tertiary/aromatic N) is 4. The molecular weight excluding hydrogens is 439 g/mol. The van der Waals surface area contributed by atoms with Crippen molar-refractivity contribution in [2.75, 3.05) is 12.3 Å². The smallest absolute Gasteiger partial charge is 0.258 e. The minimum Gasteiger partial charge on any atom is -0.394 e. The minimum absolute atomic E-state index is 0.0635. The summed E-state index contributed by atoms with van der Waals surface area (Å²) in [7, 11) is 0. The lowest BCUT2D eigenvalue weighted by molar-refractivity contribution is -0.160. The number of hydrogen-bond acceptors (Lipinski definition) is 9. The fourth-order valence-electron chi connectivity index (χ4n) is 3.33. The van der Waals surface area contributed by atoms with Gasteiger partial charge >= 0.3 is 0 Å². The molecule has 4 rings (SSSR count). The average Bonchev–Trinajstić information content (AvgIpc) is 3.24. The number of nitrogen functional groups attached to an aromatic ring is 1. The first kappa shape index (κ1) is 20.7. The summed E-state index contributed by atoms with van der Waals surface area (Å²) >= 11 is 11.9. The van der Waals surface area contributed by atoms with Crippen molar-refractivity contribution in [2.45, 2.75) is 24.2 Å². The number of imidazole rings is 1. The SMILES string of the molecule is Nc1ncnc2c1ncn2[C@]1(NC(=O)c2cc(Cl)cc(Cl)c2)O[C@H](CO)[C@@H](O)[C@H]1O. The summed E-state index contributed by atoms with van der Waals surface area (Å²) in [6, 6.07) is 4.18. The molecule has 0 aliphatic carbocycles. The maximum absolute atomic E-state index is 13.0. The van der Waals surface area contributed by atoms with Crippen LogP contribution in [0.5, 0.6) is 0 Å². The number of aromatic nitrogens is 4. The molecule has 1 fully saturated rings. The number of anilines is 1. The lowest BCUT2D eigenvalue weighted by atomic mass is 10.1. The Labute approximate surface area is 179 Å². The first-order valence-corrected chi connectivity index (χ1v) is 9.40. The molecule has 3 aromatic rings. The van der Waals surface area contributed by atoms with E-state index in [4.69, 9.17) is 33.7 Å². The average molecular weight is 455 g/mol. The molecule has 13 heteroatoms. The molecule has 3 heterocycles. The summed E-state index contributed by atoms with van der Waals surface area (Å²) in [4.78, 5) is 25.0. The second kappa shape index (κ2) is 7.61. The van der Waals surface area contributed by atoms with Crippen LogP contribution < -0.4 is 11.1 Å². The molecule has 6 N–H and O–H groups in total. The van der Waals surface area contributed by atoms with Crippen LogP contribution >= 0.6 is 23.2 Å². The highest BCUT2D eigenvalue weighted by Gasteiger charge is 2.57. The van der Waals surface area contributed by atoms with Crippen molar-refractivity contribution in [1.82, 2.24) is 24.8 Å². The van der Waals surface area contributed by atoms with Gasteiger partial charge in [0.2, 0.25) is 0 Å². The molecule has 4 atom stereocenters. The van der Waals surface area contributed by atoms with Crippen LogP contribution in [0.4, 0.5) is 5.82 Å². The second-order valence-electron chi connectivity index (χ2n) is 6.63. The number of amides is 1. The third kappa shape index (κ3) is 3.25. The van der Waals surface area contributed by atoms with Crippen LogP contribution in [0.1, 0.15) is 10.4 Å². The molecule has 1 saturated heterocycles. The predicted molar refractivity (Wildman–Crippen MR) is 106 cm³/mol. The van der Waals surface area contributed by atoms with Crippen LogP contribution in [-0.4, -0.2) is 65.7 Å². The van der Waals surface area contributed by atoms with Crippen LogP contribution in [0.2, 0.25) is 10.0 Å². The van der Waals surface area contributed by atoms with Crippen molar-refractivity contribution in [3.05, 3.63) is 46.5 Å². The molecule has 158 valence electrons. The van der Waals surface area contributed by atoms with Crippen molar-refractivity contribution in [3.63, 3.8) is 0 Å². The van der Waals surface area contributed by atoms with Crippen LogP contribution in [-0.2, 0) is 10.6 Å². The lowest BCUT2D eigenvalue weighted by Gasteiger charge is -2.34. The minimum atomic E-state index is -2.08. The molecule has 0 bridgehead atoms. The number of carbonyl (C=O) groups is 1. The molecule has 0 spiro atoms. The largest absolute Gasteiger partial charge is 0.394 e. The molecular formula is C17H16Cl2N6O5. The van der Waals surface area contributed by atoms with Crippen molar-refractivity contribution in [3.8, 4) is 0 Å². The Balaban J connectivity index is 1.85. The van der Waals surface area contributed by atoms with E-state index in [0.717, 1.165) is 0 Å². The van der Waals surface area contributed by atoms with E-state index < -0.39 is 36.7 Å². The van der Waals surface area contributed by atoms with Gasteiger partial charge in [-0.3, -0.25) is 9.36 Å². The highest BCUT2D eigenvalue weighted by Crippen LogP contribution is 2.36. The number of fused-ring (bicyclic) bond motifs is 1. The van der Waals surface area contributed by atoms with E-state index in [1.165, 1.54) is 35.4 Å². The Morgan fingerprint density at radius 1 is 1.23 bits per heavy atom. The second-order valence-corrected chi connectivity index (χ2v) is 7.50. The summed E-state index contributed by atoms with van der Waals surface area (Å²) in [6.07, 6.45) is -2.06. The van der Waals surface area contributed by atoms with Gasteiger partial charge in [0.1, 0.15) is 30.4 Å². The summed E-state index contributed by atoms with van der Waals surface area (Å²) in [5.41, 5.74) is 6.20. The standard InChI is InChI=1S/C17H16Cl2N6O5/c18-8-1-7(2-9(19)3-8)16(29)24-17(13(28)12(27)10(4-26)30-17)25-6-23-11-14(20)21-5-22-15(11)25/h1-3,5-6,10,12-13,26-28H,4H2,(H,24,29)(H2,20,21,22)/t10-,12-,13-,17+/m1/s1. The fraction of sp³-hybridized carbons (Fsp3) is 0.294. The maximum Gasteiger partial charge on any atom is 0.258 e. The summed E-state index contributed by atoms with van der Waals surface area (Å²) in [6.45, 7) is -0.622. The van der Waals surface area contributed by atoms with E-state index in [-0.39, 0.29) is 32.6 Å². The quantitative estimate of drug-likeness (QED) is 0.360. The van der Waals surface area contributed by atoms with Gasteiger partial charge in [-0.2, -0.15) is 0 Å². The Bertz CT molecular complexity index is 1110. The van der Waals surface area contributed by atoms with E-state index >= 15 is 0 Å². The maximum atomic E-state index is 13.0. The Morgan fingerprint density at radius 2 is 1.93 bits per heavy atom. The number of ether oxygens (including phenoxy) is 1. The zero-order chi connectivity index (χ0) is 21.6. The molecule has 30 heavy (non-hydrogen) atoms. The lowest BCUT2D eigenvalue weighted by Crippen LogP contribution is -2.58.